The van der Waals surface area contributed by atoms with Gasteiger partial charge >= 0.3 is 0 Å². The fourth-order valence-corrected chi connectivity index (χ4v) is 2.57. The summed E-state index contributed by atoms with van der Waals surface area (Å²) >= 11 is 0. The van der Waals surface area contributed by atoms with Gasteiger partial charge in [-0.2, -0.15) is 0 Å². The van der Waals surface area contributed by atoms with Crippen molar-refractivity contribution in [2.45, 2.75) is 6.04 Å². The molecule has 7 heteroatoms. The number of hydrogen-bond acceptors (Lipinski definition) is 6. The summed E-state index contributed by atoms with van der Waals surface area (Å²) in [5.74, 6) is 0.593. The van der Waals surface area contributed by atoms with Gasteiger partial charge in [0.25, 0.3) is 5.91 Å². The van der Waals surface area contributed by atoms with Gasteiger partial charge in [-0.05, 0) is 24.3 Å². The minimum Gasteiger partial charge on any atom is -0.348 e. The topological polar surface area (TPSA) is 83.9 Å². The van der Waals surface area contributed by atoms with Crippen molar-refractivity contribution in [1.29, 1.82) is 0 Å². The van der Waals surface area contributed by atoms with Crippen LogP contribution >= 0.6 is 0 Å². The fraction of sp³-hybridized carbons (Fsp3) is 0.188. The van der Waals surface area contributed by atoms with Crippen molar-refractivity contribution < 1.29 is 4.79 Å². The van der Waals surface area contributed by atoms with Crippen LogP contribution in [-0.4, -0.2) is 49.9 Å². The molecule has 0 unspecified atom stereocenters. The van der Waals surface area contributed by atoms with Crippen LogP contribution in [0.25, 0.3) is 11.0 Å². The standard InChI is InChI=1S/C16H14N6O/c23-15(11-2-3-13-14(8-11)18-7-6-17-13)22-9-12(10-22)21-16-19-4-1-5-20-16/h1-8,12H,9-10H2,(H,19,20,21). The van der Waals surface area contributed by atoms with Crippen molar-refractivity contribution in [3.05, 3.63) is 54.6 Å². The molecule has 3 aromatic rings. The Morgan fingerprint density at radius 2 is 1.74 bits per heavy atom. The monoisotopic (exact) mass is 306 g/mol. The van der Waals surface area contributed by atoms with Crippen molar-refractivity contribution in [2.24, 2.45) is 0 Å². The molecule has 2 aromatic heterocycles. The van der Waals surface area contributed by atoms with Crippen LogP contribution in [-0.2, 0) is 0 Å². The van der Waals surface area contributed by atoms with Crippen LogP contribution in [0.5, 0.6) is 0 Å². The highest BCUT2D eigenvalue weighted by molar-refractivity contribution is 5.97. The number of nitrogens with zero attached hydrogens (tertiary/aromatic N) is 5. The highest BCUT2D eigenvalue weighted by Gasteiger charge is 2.31. The molecular formula is C16H14N6O. The Bertz CT molecular complexity index is 847. The maximum atomic E-state index is 12.5. The minimum atomic E-state index is 0.00424. The molecule has 3 heterocycles. The molecule has 1 N–H and O–H groups in total. The van der Waals surface area contributed by atoms with E-state index in [-0.39, 0.29) is 11.9 Å². The van der Waals surface area contributed by atoms with Crippen LogP contribution in [0.4, 0.5) is 5.95 Å². The van der Waals surface area contributed by atoms with E-state index in [4.69, 9.17) is 0 Å². The Morgan fingerprint density at radius 3 is 2.52 bits per heavy atom. The van der Waals surface area contributed by atoms with E-state index in [2.05, 4.69) is 25.3 Å². The Balaban J connectivity index is 1.42. The molecule has 4 rings (SSSR count). The molecule has 0 bridgehead atoms. The average molecular weight is 306 g/mol. The third kappa shape index (κ3) is 2.68. The molecule has 1 aromatic carbocycles. The third-order valence-electron chi connectivity index (χ3n) is 3.78. The van der Waals surface area contributed by atoms with E-state index in [9.17, 15) is 4.79 Å². The van der Waals surface area contributed by atoms with Crippen LogP contribution in [0.15, 0.2) is 49.1 Å². The summed E-state index contributed by atoms with van der Waals surface area (Å²) in [6.07, 6.45) is 6.64. The van der Waals surface area contributed by atoms with E-state index in [1.165, 1.54) is 0 Å². The normalized spacial score (nSPS) is 14.5. The molecule has 1 fully saturated rings. The maximum absolute atomic E-state index is 12.5. The van der Waals surface area contributed by atoms with E-state index in [1.54, 1.807) is 47.9 Å². The van der Waals surface area contributed by atoms with Gasteiger partial charge < -0.3 is 10.2 Å². The first kappa shape index (κ1) is 13.6. The summed E-state index contributed by atoms with van der Waals surface area (Å²) in [4.78, 5) is 31.0. The number of likely N-dealkylation sites (tertiary alicyclic amines) is 1. The molecule has 0 atom stereocenters. The van der Waals surface area contributed by atoms with Gasteiger partial charge in [0.05, 0.1) is 17.1 Å². The van der Waals surface area contributed by atoms with Crippen molar-refractivity contribution >= 4 is 22.9 Å². The number of rotatable bonds is 3. The number of aromatic nitrogens is 4. The summed E-state index contributed by atoms with van der Waals surface area (Å²) in [7, 11) is 0. The van der Waals surface area contributed by atoms with Crippen molar-refractivity contribution in [3.63, 3.8) is 0 Å². The number of carbonyl (C=O) groups is 1. The van der Waals surface area contributed by atoms with Crippen LogP contribution in [0.1, 0.15) is 10.4 Å². The molecular weight excluding hydrogens is 292 g/mol. The molecule has 1 aliphatic rings. The lowest BCUT2D eigenvalue weighted by molar-refractivity contribution is 0.0624. The first-order chi connectivity index (χ1) is 11.3. The molecule has 1 saturated heterocycles. The van der Waals surface area contributed by atoms with Crippen LogP contribution in [0.2, 0.25) is 0 Å². The predicted octanol–water partition coefficient (Wildman–Crippen LogP) is 1.36. The number of fused-ring (bicyclic) bond motifs is 1. The molecule has 0 radical (unpaired) electrons. The molecule has 23 heavy (non-hydrogen) atoms. The summed E-state index contributed by atoms with van der Waals surface area (Å²) in [6.45, 7) is 1.27. The number of hydrogen-bond donors (Lipinski definition) is 1. The average Bonchev–Trinajstić information content (AvgIpc) is 2.57. The zero-order valence-corrected chi connectivity index (χ0v) is 12.3. The van der Waals surface area contributed by atoms with Gasteiger partial charge in [-0.25, -0.2) is 9.97 Å². The molecule has 1 amide bonds. The van der Waals surface area contributed by atoms with E-state index in [0.717, 1.165) is 11.0 Å². The van der Waals surface area contributed by atoms with Crippen LogP contribution in [0, 0.1) is 0 Å². The lowest BCUT2D eigenvalue weighted by Crippen LogP contribution is -2.57. The summed E-state index contributed by atoms with van der Waals surface area (Å²) in [5.41, 5.74) is 2.15. The molecule has 0 aliphatic carbocycles. The molecule has 0 saturated carbocycles. The molecule has 0 spiro atoms. The third-order valence-corrected chi connectivity index (χ3v) is 3.78. The predicted molar refractivity (Wildman–Crippen MR) is 84.9 cm³/mol. The largest absolute Gasteiger partial charge is 0.348 e. The summed E-state index contributed by atoms with van der Waals surface area (Å²) < 4.78 is 0. The SMILES string of the molecule is O=C(c1ccc2nccnc2c1)N1CC(Nc2ncccn2)C1. The van der Waals surface area contributed by atoms with E-state index >= 15 is 0 Å². The lowest BCUT2D eigenvalue weighted by atomic mass is 10.1. The van der Waals surface area contributed by atoms with Gasteiger partial charge in [-0.1, -0.05) is 0 Å². The summed E-state index contributed by atoms with van der Waals surface area (Å²) in [6, 6.07) is 7.35. The first-order valence-electron chi connectivity index (χ1n) is 7.33. The second kappa shape index (κ2) is 5.60. The van der Waals surface area contributed by atoms with Gasteiger partial charge in [0.1, 0.15) is 0 Å². The highest BCUT2D eigenvalue weighted by atomic mass is 16.2. The maximum Gasteiger partial charge on any atom is 0.254 e. The van der Waals surface area contributed by atoms with Gasteiger partial charge in [0.2, 0.25) is 5.95 Å². The smallest absolute Gasteiger partial charge is 0.254 e. The number of amides is 1. The van der Waals surface area contributed by atoms with E-state index in [1.807, 2.05) is 6.07 Å². The Labute approximate surface area is 132 Å². The van der Waals surface area contributed by atoms with Gasteiger partial charge in [-0.3, -0.25) is 14.8 Å². The van der Waals surface area contributed by atoms with Crippen LogP contribution < -0.4 is 5.32 Å². The van der Waals surface area contributed by atoms with E-state index in [0.29, 0.717) is 24.6 Å². The Morgan fingerprint density at radius 1 is 1.00 bits per heavy atom. The number of benzene rings is 1. The zero-order valence-electron chi connectivity index (χ0n) is 12.3. The second-order valence-corrected chi connectivity index (χ2v) is 5.38. The molecule has 1 aliphatic heterocycles. The highest BCUT2D eigenvalue weighted by Crippen LogP contribution is 2.18. The van der Waals surface area contributed by atoms with Crippen molar-refractivity contribution in [2.75, 3.05) is 18.4 Å². The minimum absolute atomic E-state index is 0.00424. The number of nitrogens with one attached hydrogen (secondary N) is 1. The fourth-order valence-electron chi connectivity index (χ4n) is 2.57. The first-order valence-corrected chi connectivity index (χ1v) is 7.33. The van der Waals surface area contributed by atoms with Crippen molar-refractivity contribution in [3.8, 4) is 0 Å². The zero-order chi connectivity index (χ0) is 15.6. The lowest BCUT2D eigenvalue weighted by Gasteiger charge is -2.39. The Hall–Kier alpha value is -3.09. The summed E-state index contributed by atoms with van der Waals surface area (Å²) in [5, 5.41) is 3.21. The van der Waals surface area contributed by atoms with Gasteiger partial charge in [0.15, 0.2) is 0 Å². The number of carbonyl (C=O) groups excluding carboxylic acids is 1. The Kier molecular flexibility index (Phi) is 3.30. The quantitative estimate of drug-likeness (QED) is 0.786. The van der Waals surface area contributed by atoms with Gasteiger partial charge in [0, 0.05) is 43.4 Å². The van der Waals surface area contributed by atoms with E-state index < -0.39 is 0 Å². The van der Waals surface area contributed by atoms with Crippen LogP contribution in [0.3, 0.4) is 0 Å². The number of anilines is 1. The molecule has 114 valence electrons. The molecule has 7 nitrogen and oxygen atoms in total. The second-order valence-electron chi connectivity index (χ2n) is 5.38. The van der Waals surface area contributed by atoms with Gasteiger partial charge in [-0.15, -0.1) is 0 Å². The van der Waals surface area contributed by atoms with Crippen molar-refractivity contribution in [1.82, 2.24) is 24.8 Å².